The molecule has 0 bridgehead atoms. The molecule has 1 aliphatic heterocycles. The molecule has 164 valence electrons. The molecular weight excluding hydrogens is 434 g/mol. The maximum absolute atomic E-state index is 6.05. The van der Waals surface area contributed by atoms with Gasteiger partial charge < -0.3 is 18.7 Å². The number of methoxy groups -OCH3 is 1. The van der Waals surface area contributed by atoms with E-state index in [0.717, 1.165) is 16.8 Å². The Hall–Kier alpha value is -3.43. The summed E-state index contributed by atoms with van der Waals surface area (Å²) in [5.41, 5.74) is 3.07. The molecule has 4 aromatic rings. The number of hydrogen-bond donors (Lipinski definition) is 0. The number of fused-ring (bicyclic) bond motifs is 1. The van der Waals surface area contributed by atoms with Gasteiger partial charge in [-0.15, -0.1) is 5.10 Å². The minimum Gasteiger partial charge on any atom is -0.493 e. The van der Waals surface area contributed by atoms with Crippen LogP contribution in [0.4, 0.5) is 0 Å². The second kappa shape index (κ2) is 8.60. The molecule has 0 spiro atoms. The van der Waals surface area contributed by atoms with E-state index in [1.165, 1.54) is 0 Å². The highest BCUT2D eigenvalue weighted by molar-refractivity contribution is 6.30. The zero-order valence-electron chi connectivity index (χ0n) is 17.5. The Morgan fingerprint density at radius 2 is 2.00 bits per heavy atom. The molecule has 0 saturated carbocycles. The van der Waals surface area contributed by atoms with Crippen molar-refractivity contribution in [3.8, 4) is 34.5 Å². The molecule has 1 atom stereocenters. The van der Waals surface area contributed by atoms with Crippen LogP contribution in [0.1, 0.15) is 24.3 Å². The van der Waals surface area contributed by atoms with Gasteiger partial charge in [0, 0.05) is 10.6 Å². The average Bonchev–Trinajstić information content (AvgIpc) is 3.46. The SMILES string of the molecule is CCOc1cc(-c2noc(-c3nnn4c3CO[C@H](c3ccc(Cl)cc3)C4)n2)ccc1OC. The number of halogens is 1. The zero-order valence-corrected chi connectivity index (χ0v) is 18.2. The van der Waals surface area contributed by atoms with Crippen LogP contribution in [0.3, 0.4) is 0 Å². The summed E-state index contributed by atoms with van der Waals surface area (Å²) >= 11 is 5.98. The summed E-state index contributed by atoms with van der Waals surface area (Å²) in [7, 11) is 1.60. The van der Waals surface area contributed by atoms with Gasteiger partial charge in [-0.05, 0) is 42.8 Å². The molecule has 0 N–H and O–H groups in total. The summed E-state index contributed by atoms with van der Waals surface area (Å²) in [6.07, 6.45) is -0.135. The summed E-state index contributed by atoms with van der Waals surface area (Å²) in [5, 5.41) is 13.3. The number of aromatic nitrogens is 5. The lowest BCUT2D eigenvalue weighted by Gasteiger charge is -2.24. The maximum atomic E-state index is 6.05. The van der Waals surface area contributed by atoms with E-state index >= 15 is 0 Å². The second-order valence-electron chi connectivity index (χ2n) is 7.14. The van der Waals surface area contributed by atoms with Crippen molar-refractivity contribution < 1.29 is 18.7 Å². The maximum Gasteiger partial charge on any atom is 0.280 e. The molecule has 10 heteroatoms. The number of benzene rings is 2. The third kappa shape index (κ3) is 3.80. The first kappa shape index (κ1) is 20.5. The predicted octanol–water partition coefficient (Wildman–Crippen LogP) is 4.33. The predicted molar refractivity (Wildman–Crippen MR) is 115 cm³/mol. The normalized spacial score (nSPS) is 15.4. The Morgan fingerprint density at radius 1 is 1.16 bits per heavy atom. The van der Waals surface area contributed by atoms with E-state index in [0.29, 0.717) is 47.8 Å². The van der Waals surface area contributed by atoms with Crippen molar-refractivity contribution in [2.24, 2.45) is 0 Å². The monoisotopic (exact) mass is 453 g/mol. The van der Waals surface area contributed by atoms with Crippen LogP contribution in [0.5, 0.6) is 11.5 Å². The van der Waals surface area contributed by atoms with Crippen LogP contribution < -0.4 is 9.47 Å². The number of hydrogen-bond acceptors (Lipinski definition) is 8. The largest absolute Gasteiger partial charge is 0.493 e. The Kier molecular flexibility index (Phi) is 5.50. The minimum absolute atomic E-state index is 0.135. The van der Waals surface area contributed by atoms with E-state index in [1.54, 1.807) is 13.2 Å². The van der Waals surface area contributed by atoms with Gasteiger partial charge in [-0.3, -0.25) is 0 Å². The quantitative estimate of drug-likeness (QED) is 0.425. The highest BCUT2D eigenvalue weighted by Gasteiger charge is 2.28. The summed E-state index contributed by atoms with van der Waals surface area (Å²) in [6, 6.07) is 13.1. The Labute approximate surface area is 188 Å². The van der Waals surface area contributed by atoms with Crippen LogP contribution in [0, 0.1) is 0 Å². The van der Waals surface area contributed by atoms with Gasteiger partial charge in [0.15, 0.2) is 17.2 Å². The highest BCUT2D eigenvalue weighted by atomic mass is 35.5. The van der Waals surface area contributed by atoms with Crippen LogP contribution in [0.15, 0.2) is 47.0 Å². The van der Waals surface area contributed by atoms with E-state index in [9.17, 15) is 0 Å². The van der Waals surface area contributed by atoms with Crippen molar-refractivity contribution >= 4 is 11.6 Å². The van der Waals surface area contributed by atoms with Gasteiger partial charge in [-0.25, -0.2) is 4.68 Å². The molecule has 0 saturated heterocycles. The Bertz CT molecular complexity index is 1240. The van der Waals surface area contributed by atoms with E-state index in [4.69, 9.17) is 30.3 Å². The molecule has 0 amide bonds. The van der Waals surface area contributed by atoms with Gasteiger partial charge in [0.05, 0.1) is 32.6 Å². The van der Waals surface area contributed by atoms with Crippen molar-refractivity contribution in [1.29, 1.82) is 0 Å². The Balaban J connectivity index is 1.39. The minimum atomic E-state index is -0.135. The first-order valence-electron chi connectivity index (χ1n) is 10.1. The first-order valence-corrected chi connectivity index (χ1v) is 10.5. The smallest absolute Gasteiger partial charge is 0.280 e. The van der Waals surface area contributed by atoms with Gasteiger partial charge in [0.1, 0.15) is 6.10 Å². The molecule has 2 aromatic carbocycles. The lowest BCUT2D eigenvalue weighted by atomic mass is 10.1. The van der Waals surface area contributed by atoms with E-state index in [2.05, 4.69) is 20.5 Å². The van der Waals surface area contributed by atoms with Crippen molar-refractivity contribution in [3.63, 3.8) is 0 Å². The first-order chi connectivity index (χ1) is 15.7. The van der Waals surface area contributed by atoms with Gasteiger partial charge >= 0.3 is 0 Å². The topological polar surface area (TPSA) is 97.3 Å². The van der Waals surface area contributed by atoms with E-state index < -0.39 is 0 Å². The zero-order chi connectivity index (χ0) is 22.1. The molecule has 5 rings (SSSR count). The summed E-state index contributed by atoms with van der Waals surface area (Å²) < 4.78 is 24.3. The molecule has 3 heterocycles. The fourth-order valence-electron chi connectivity index (χ4n) is 3.58. The standard InChI is InChI=1S/C22H20ClN5O4/c1-3-30-18-10-14(6-9-17(18)29-2)21-24-22(32-26-21)20-16-12-31-19(11-28(16)27-25-20)13-4-7-15(23)8-5-13/h4-10,19H,3,11-12H2,1-2H3/t19-/m0/s1. The van der Waals surface area contributed by atoms with Crippen LogP contribution >= 0.6 is 11.6 Å². The van der Waals surface area contributed by atoms with Crippen molar-refractivity contribution in [3.05, 3.63) is 58.7 Å². The number of rotatable bonds is 6. The van der Waals surface area contributed by atoms with Crippen LogP contribution in [0.2, 0.25) is 5.02 Å². The number of nitrogens with zero attached hydrogens (tertiary/aromatic N) is 5. The van der Waals surface area contributed by atoms with Crippen LogP contribution in [-0.2, 0) is 17.9 Å². The number of ether oxygens (including phenoxy) is 3. The van der Waals surface area contributed by atoms with Crippen molar-refractivity contribution in [2.45, 2.75) is 26.2 Å². The third-order valence-electron chi connectivity index (χ3n) is 5.19. The van der Waals surface area contributed by atoms with Crippen LogP contribution in [0.25, 0.3) is 23.0 Å². The fourth-order valence-corrected chi connectivity index (χ4v) is 3.70. The lowest BCUT2D eigenvalue weighted by molar-refractivity contribution is -0.00117. The molecule has 1 aliphatic rings. The van der Waals surface area contributed by atoms with Crippen molar-refractivity contribution in [1.82, 2.24) is 25.1 Å². The second-order valence-corrected chi connectivity index (χ2v) is 7.58. The molecular formula is C22H20ClN5O4. The van der Waals surface area contributed by atoms with E-state index in [1.807, 2.05) is 48.0 Å². The Morgan fingerprint density at radius 3 is 2.78 bits per heavy atom. The summed E-state index contributed by atoms with van der Waals surface area (Å²) in [6.45, 7) is 3.28. The van der Waals surface area contributed by atoms with Gasteiger partial charge in [-0.2, -0.15) is 4.98 Å². The van der Waals surface area contributed by atoms with Crippen LogP contribution in [-0.4, -0.2) is 38.9 Å². The van der Waals surface area contributed by atoms with Gasteiger partial charge in [0.25, 0.3) is 5.89 Å². The highest BCUT2D eigenvalue weighted by Crippen LogP contribution is 2.34. The van der Waals surface area contributed by atoms with Gasteiger partial charge in [-0.1, -0.05) is 34.1 Å². The summed E-state index contributed by atoms with van der Waals surface area (Å²) in [5.74, 6) is 1.95. The summed E-state index contributed by atoms with van der Waals surface area (Å²) in [4.78, 5) is 4.51. The molecule has 0 radical (unpaired) electrons. The molecule has 2 aromatic heterocycles. The molecule has 32 heavy (non-hydrogen) atoms. The molecule has 0 aliphatic carbocycles. The fraction of sp³-hybridized carbons (Fsp3) is 0.273. The molecule has 0 fully saturated rings. The molecule has 9 nitrogen and oxygen atoms in total. The van der Waals surface area contributed by atoms with Gasteiger partial charge in [0.2, 0.25) is 5.82 Å². The third-order valence-corrected chi connectivity index (χ3v) is 5.44. The van der Waals surface area contributed by atoms with E-state index in [-0.39, 0.29) is 12.0 Å². The molecule has 0 unspecified atom stereocenters. The van der Waals surface area contributed by atoms with Crippen molar-refractivity contribution in [2.75, 3.05) is 13.7 Å². The lowest BCUT2D eigenvalue weighted by Crippen LogP contribution is -2.22. The average molecular weight is 454 g/mol.